The second-order valence-corrected chi connectivity index (χ2v) is 15.3. The molecule has 0 amide bonds. The molecule has 0 aliphatic carbocycles. The number of aryl methyl sites for hydroxylation is 6. The normalized spacial score (nSPS) is 11.2. The smallest absolute Gasteiger partial charge is 0.869 e. The number of unbranched alkanes of at least 4 members (excludes halogenated alkanes) is 6. The van der Waals surface area contributed by atoms with E-state index < -0.39 is 34.9 Å². The molecular weight excluding hydrogens is 887 g/mol. The molecule has 346 valence electrons. The minimum atomic E-state index is -1.29. The SMILES string of the molecule is CCCCCCCCC(=Nc1ccc(CC)c(CC)c1)C(CCCC)=Nc1ccc(CC)c(CC)c1.CCc1ccc(O)c([O-])c1C(=O)O.CCc1ccc(O)c([O-])c1C(=O)O.[Pd+2]. The molecule has 0 saturated carbocycles. The molecule has 0 aliphatic heterocycles. The van der Waals surface area contributed by atoms with Crippen molar-refractivity contribution in [3.8, 4) is 23.0 Å². The second kappa shape index (κ2) is 30.2. The van der Waals surface area contributed by atoms with Gasteiger partial charge in [0.05, 0.1) is 33.9 Å². The maximum Gasteiger partial charge on any atom is 2.00 e. The van der Waals surface area contributed by atoms with E-state index in [9.17, 15) is 19.8 Å². The number of phenols is 2. The zero-order valence-electron chi connectivity index (χ0n) is 38.7. The van der Waals surface area contributed by atoms with Crippen LogP contribution >= 0.6 is 0 Å². The van der Waals surface area contributed by atoms with Crippen molar-refractivity contribution in [1.82, 2.24) is 0 Å². The van der Waals surface area contributed by atoms with E-state index in [4.69, 9.17) is 30.4 Å². The number of carboxylic acid groups (broad SMARTS) is 2. The van der Waals surface area contributed by atoms with E-state index in [0.29, 0.717) is 24.0 Å². The summed E-state index contributed by atoms with van der Waals surface area (Å²) in [6, 6.07) is 18.9. The molecule has 0 spiro atoms. The van der Waals surface area contributed by atoms with Gasteiger partial charge < -0.3 is 30.6 Å². The molecule has 4 aromatic rings. The predicted octanol–water partition coefficient (Wildman–Crippen LogP) is 12.2. The van der Waals surface area contributed by atoms with Crippen molar-refractivity contribution in [3.63, 3.8) is 0 Å². The first-order valence-corrected chi connectivity index (χ1v) is 22.6. The first-order chi connectivity index (χ1) is 29.7. The Balaban J connectivity index is 0.000000595. The van der Waals surface area contributed by atoms with E-state index in [1.807, 2.05) is 0 Å². The van der Waals surface area contributed by atoms with Crippen LogP contribution in [-0.4, -0.2) is 43.8 Å². The fourth-order valence-corrected chi connectivity index (χ4v) is 7.25. The molecule has 0 bridgehead atoms. The Morgan fingerprint density at radius 3 is 1.14 bits per heavy atom. The summed E-state index contributed by atoms with van der Waals surface area (Å²) in [7, 11) is 0. The van der Waals surface area contributed by atoms with Crippen LogP contribution in [0.4, 0.5) is 11.4 Å². The van der Waals surface area contributed by atoms with Gasteiger partial charge in [0.15, 0.2) is 0 Å². The molecular formula is C52H70N2O8Pd. The number of benzene rings is 4. The number of aliphatic imine (C=N–C) groups is 2. The summed E-state index contributed by atoms with van der Waals surface area (Å²) >= 11 is 0. The van der Waals surface area contributed by atoms with Gasteiger partial charge in [0, 0.05) is 0 Å². The summed E-state index contributed by atoms with van der Waals surface area (Å²) in [4.78, 5) is 31.8. The third kappa shape index (κ3) is 17.6. The molecule has 0 saturated heterocycles. The number of nitrogens with zero attached hydrogens (tertiary/aromatic N) is 2. The van der Waals surface area contributed by atoms with Crippen molar-refractivity contribution < 1.29 is 60.7 Å². The summed E-state index contributed by atoms with van der Waals surface area (Å²) in [6.45, 7) is 17.0. The molecule has 0 heterocycles. The van der Waals surface area contributed by atoms with Gasteiger partial charge in [0.1, 0.15) is 11.5 Å². The number of hydrogen-bond donors (Lipinski definition) is 4. The van der Waals surface area contributed by atoms with Crippen molar-refractivity contribution in [3.05, 3.63) is 105 Å². The van der Waals surface area contributed by atoms with Gasteiger partial charge in [-0.25, -0.2) is 9.59 Å². The molecule has 0 aromatic heterocycles. The Bertz CT molecular complexity index is 2040. The molecule has 11 heteroatoms. The molecule has 0 unspecified atom stereocenters. The van der Waals surface area contributed by atoms with Crippen LogP contribution in [0.5, 0.6) is 23.0 Å². The van der Waals surface area contributed by atoms with Gasteiger partial charge in [-0.15, -0.1) is 0 Å². The zero-order valence-corrected chi connectivity index (χ0v) is 40.3. The number of carbonyl (C=O) groups is 2. The van der Waals surface area contributed by atoms with Gasteiger partial charge in [-0.05, 0) is 134 Å². The standard InChI is InChI=1S/C34H52N2.2C9H10O4.Pd/c1-7-13-15-16-17-18-20-34(36-32-24-22-28(10-4)30(12-6)26-32)33(19-14-8-2)35-31-23-21-27(9-3)29(11-5)25-31;2*1-2-5-3-4-6(10)8(11)7(5)9(12)13;/h21-26H,7-20H2,1-6H3;2*3-4,10-11H,2H2,1H3,(H,12,13);/q;;;+2/p-2. The molecule has 0 aliphatic rings. The van der Waals surface area contributed by atoms with Crippen molar-refractivity contribution in [2.24, 2.45) is 9.98 Å². The van der Waals surface area contributed by atoms with E-state index in [0.717, 1.165) is 56.3 Å². The molecule has 0 atom stereocenters. The number of rotatable bonds is 21. The van der Waals surface area contributed by atoms with Crippen molar-refractivity contribution in [1.29, 1.82) is 0 Å². The van der Waals surface area contributed by atoms with Crippen molar-refractivity contribution in [2.75, 3.05) is 0 Å². The third-order valence-electron chi connectivity index (χ3n) is 10.9. The molecule has 4 N–H and O–H groups in total. The first kappa shape index (κ1) is 56.0. The van der Waals surface area contributed by atoms with Gasteiger partial charge in [-0.1, -0.05) is 130 Å². The van der Waals surface area contributed by atoms with Crippen LogP contribution < -0.4 is 10.2 Å². The quantitative estimate of drug-likeness (QED) is 0.0361. The third-order valence-corrected chi connectivity index (χ3v) is 10.9. The number of phenolic OH excluding ortho intramolecular Hbond substituents is 2. The monoisotopic (exact) mass is 956 g/mol. The Labute approximate surface area is 389 Å². The largest absolute Gasteiger partial charge is 2.00 e. The number of aromatic hydroxyl groups is 2. The van der Waals surface area contributed by atoms with E-state index in [1.165, 1.54) is 103 Å². The number of aromatic carboxylic acids is 2. The zero-order chi connectivity index (χ0) is 46.2. The van der Waals surface area contributed by atoms with Crippen molar-refractivity contribution >= 4 is 34.7 Å². The Morgan fingerprint density at radius 1 is 0.460 bits per heavy atom. The predicted molar refractivity (Wildman–Crippen MR) is 250 cm³/mol. The maximum atomic E-state index is 11.2. The summed E-state index contributed by atoms with van der Waals surface area (Å²) in [5.74, 6) is -5.25. The van der Waals surface area contributed by atoms with E-state index >= 15 is 0 Å². The summed E-state index contributed by atoms with van der Waals surface area (Å²) in [5.41, 5.74) is 10.5. The summed E-state index contributed by atoms with van der Waals surface area (Å²) in [6.07, 6.45) is 17.3. The molecule has 4 aromatic carbocycles. The number of hydrogen-bond acceptors (Lipinski definition) is 8. The topological polar surface area (TPSA) is 186 Å². The number of carboxylic acids is 2. The Kier molecular flexibility index (Phi) is 26.8. The minimum absolute atomic E-state index is 0. The second-order valence-electron chi connectivity index (χ2n) is 15.3. The van der Waals surface area contributed by atoms with Crippen LogP contribution in [-0.2, 0) is 58.9 Å². The maximum absolute atomic E-state index is 11.2. The van der Waals surface area contributed by atoms with Gasteiger partial charge in [-0.3, -0.25) is 9.98 Å². The van der Waals surface area contributed by atoms with Crippen LogP contribution in [0.2, 0.25) is 0 Å². The fraction of sp³-hybridized carbons (Fsp3) is 0.462. The van der Waals surface area contributed by atoms with Gasteiger partial charge in [0.25, 0.3) is 0 Å². The molecule has 0 radical (unpaired) electrons. The van der Waals surface area contributed by atoms with E-state index in [2.05, 4.69) is 77.9 Å². The Hall–Kier alpha value is -4.98. The van der Waals surface area contributed by atoms with E-state index in [-0.39, 0.29) is 31.5 Å². The summed E-state index contributed by atoms with van der Waals surface area (Å²) in [5, 5.41) is 57.7. The van der Waals surface area contributed by atoms with Crippen LogP contribution in [0.15, 0.2) is 70.6 Å². The van der Waals surface area contributed by atoms with E-state index in [1.54, 1.807) is 13.8 Å². The fourth-order valence-electron chi connectivity index (χ4n) is 7.25. The summed E-state index contributed by atoms with van der Waals surface area (Å²) < 4.78 is 0. The van der Waals surface area contributed by atoms with Crippen LogP contribution in [0, 0.1) is 0 Å². The minimum Gasteiger partial charge on any atom is -0.869 e. The average Bonchev–Trinajstić information content (AvgIpc) is 3.27. The van der Waals surface area contributed by atoms with Gasteiger partial charge >= 0.3 is 32.4 Å². The first-order valence-electron chi connectivity index (χ1n) is 22.6. The molecule has 63 heavy (non-hydrogen) atoms. The average molecular weight is 958 g/mol. The van der Waals surface area contributed by atoms with Crippen molar-refractivity contribution in [2.45, 2.75) is 158 Å². The van der Waals surface area contributed by atoms with Crippen LogP contribution in [0.1, 0.15) is 174 Å². The van der Waals surface area contributed by atoms with Crippen LogP contribution in [0.25, 0.3) is 0 Å². The van der Waals surface area contributed by atoms with Crippen LogP contribution in [0.3, 0.4) is 0 Å². The molecule has 10 nitrogen and oxygen atoms in total. The van der Waals surface area contributed by atoms with Gasteiger partial charge in [-0.2, -0.15) is 0 Å². The van der Waals surface area contributed by atoms with Gasteiger partial charge in [0.2, 0.25) is 0 Å². The molecule has 0 fully saturated rings. The molecule has 4 rings (SSSR count). The Morgan fingerprint density at radius 2 is 0.794 bits per heavy atom.